The third-order valence-electron chi connectivity index (χ3n) is 4.98. The van der Waals surface area contributed by atoms with Crippen LogP contribution in [0.3, 0.4) is 0 Å². The van der Waals surface area contributed by atoms with Crippen molar-refractivity contribution in [3.8, 4) is 0 Å². The minimum atomic E-state index is -0.375. The largest absolute Gasteiger partial charge is 0.207 e. The van der Waals surface area contributed by atoms with Crippen LogP contribution in [0, 0.1) is 23.5 Å². The maximum Gasteiger partial charge on any atom is 0.127 e. The Morgan fingerprint density at radius 1 is 1.10 bits per heavy atom. The van der Waals surface area contributed by atoms with Crippen LogP contribution >= 0.6 is 15.9 Å². The van der Waals surface area contributed by atoms with Gasteiger partial charge in [-0.15, -0.1) is 0 Å². The van der Waals surface area contributed by atoms with Gasteiger partial charge in [-0.3, -0.25) is 0 Å². The zero-order valence-corrected chi connectivity index (χ0v) is 13.0. The molecule has 0 heterocycles. The van der Waals surface area contributed by atoms with E-state index in [0.29, 0.717) is 23.3 Å². The first kappa shape index (κ1) is 13.4. The number of benzene rings is 2. The van der Waals surface area contributed by atoms with Crippen molar-refractivity contribution < 1.29 is 8.78 Å². The summed E-state index contributed by atoms with van der Waals surface area (Å²) < 4.78 is 27.4. The van der Waals surface area contributed by atoms with Gasteiger partial charge < -0.3 is 0 Å². The molecule has 2 aliphatic rings. The molecule has 1 fully saturated rings. The van der Waals surface area contributed by atoms with Gasteiger partial charge in [-0.1, -0.05) is 40.2 Å². The second kappa shape index (κ2) is 4.91. The van der Waals surface area contributed by atoms with Crippen molar-refractivity contribution in [3.63, 3.8) is 0 Å². The second-order valence-electron chi connectivity index (χ2n) is 6.07. The SMILES string of the molecule is Fc1ccc(F)c(C(Br)C2C3CCc4ccccc4C32)c1. The smallest absolute Gasteiger partial charge is 0.127 e. The fourth-order valence-corrected chi connectivity index (χ4v) is 5.02. The highest BCUT2D eigenvalue weighted by Crippen LogP contribution is 2.66. The topological polar surface area (TPSA) is 0 Å². The average Bonchev–Trinajstić information content (AvgIpc) is 3.24. The Morgan fingerprint density at radius 3 is 2.76 bits per heavy atom. The van der Waals surface area contributed by atoms with E-state index in [1.807, 2.05) is 0 Å². The molecule has 2 aromatic rings. The molecule has 2 aromatic carbocycles. The monoisotopic (exact) mass is 348 g/mol. The Hall–Kier alpha value is -1.22. The van der Waals surface area contributed by atoms with E-state index < -0.39 is 0 Å². The zero-order chi connectivity index (χ0) is 14.6. The van der Waals surface area contributed by atoms with Crippen molar-refractivity contribution in [1.82, 2.24) is 0 Å². The molecule has 0 aromatic heterocycles. The Labute approximate surface area is 131 Å². The van der Waals surface area contributed by atoms with Crippen molar-refractivity contribution in [3.05, 3.63) is 70.8 Å². The summed E-state index contributed by atoms with van der Waals surface area (Å²) in [7, 11) is 0. The summed E-state index contributed by atoms with van der Waals surface area (Å²) in [4.78, 5) is -0.116. The summed E-state index contributed by atoms with van der Waals surface area (Å²) in [6, 6.07) is 12.2. The van der Waals surface area contributed by atoms with Gasteiger partial charge in [-0.05, 0) is 59.9 Å². The summed E-state index contributed by atoms with van der Waals surface area (Å²) in [6.07, 6.45) is 2.24. The molecule has 0 aliphatic heterocycles. The Morgan fingerprint density at radius 2 is 1.90 bits per heavy atom. The molecule has 0 radical (unpaired) electrons. The molecular formula is C18H15BrF2. The minimum absolute atomic E-state index is 0.116. The van der Waals surface area contributed by atoms with E-state index in [0.717, 1.165) is 12.8 Å². The van der Waals surface area contributed by atoms with Gasteiger partial charge in [0.05, 0.1) is 0 Å². The van der Waals surface area contributed by atoms with E-state index in [1.165, 1.54) is 29.3 Å². The Balaban J connectivity index is 1.66. The molecule has 0 bridgehead atoms. The fourth-order valence-electron chi connectivity index (χ4n) is 3.95. The number of fused-ring (bicyclic) bond motifs is 3. The van der Waals surface area contributed by atoms with Crippen molar-refractivity contribution in [2.24, 2.45) is 11.8 Å². The molecule has 4 unspecified atom stereocenters. The fraction of sp³-hybridized carbons (Fsp3) is 0.333. The number of hydrogen-bond acceptors (Lipinski definition) is 0. The second-order valence-corrected chi connectivity index (χ2v) is 7.06. The molecule has 1 saturated carbocycles. The predicted octanol–water partition coefficient (Wildman–Crippen LogP) is 5.38. The molecule has 21 heavy (non-hydrogen) atoms. The average molecular weight is 349 g/mol. The number of halogens is 3. The lowest BCUT2D eigenvalue weighted by atomic mass is 9.92. The number of aryl methyl sites for hydroxylation is 1. The highest BCUT2D eigenvalue weighted by molar-refractivity contribution is 9.09. The van der Waals surface area contributed by atoms with Crippen LogP contribution < -0.4 is 0 Å². The predicted molar refractivity (Wildman–Crippen MR) is 82.5 cm³/mol. The molecule has 0 amide bonds. The van der Waals surface area contributed by atoms with Crippen LogP contribution in [0.1, 0.15) is 33.9 Å². The quantitative estimate of drug-likeness (QED) is 0.639. The minimum Gasteiger partial charge on any atom is -0.207 e. The van der Waals surface area contributed by atoms with Crippen LogP contribution in [0.4, 0.5) is 8.78 Å². The van der Waals surface area contributed by atoms with E-state index in [4.69, 9.17) is 0 Å². The maximum atomic E-state index is 14.0. The van der Waals surface area contributed by atoms with E-state index in [2.05, 4.69) is 40.2 Å². The van der Waals surface area contributed by atoms with E-state index in [-0.39, 0.29) is 16.5 Å². The highest BCUT2D eigenvalue weighted by atomic mass is 79.9. The van der Waals surface area contributed by atoms with Gasteiger partial charge >= 0.3 is 0 Å². The first-order valence-corrected chi connectivity index (χ1v) is 8.25. The lowest BCUT2D eigenvalue weighted by Crippen LogP contribution is -2.00. The van der Waals surface area contributed by atoms with E-state index in [1.54, 1.807) is 0 Å². The number of hydrogen-bond donors (Lipinski definition) is 0. The molecule has 2 aliphatic carbocycles. The number of alkyl halides is 1. The van der Waals surface area contributed by atoms with Crippen molar-refractivity contribution in [2.75, 3.05) is 0 Å². The van der Waals surface area contributed by atoms with Gasteiger partial charge in [-0.2, -0.15) is 0 Å². The summed E-state index contributed by atoms with van der Waals surface area (Å²) in [5.41, 5.74) is 3.27. The molecule has 4 rings (SSSR count). The van der Waals surface area contributed by atoms with Crippen LogP contribution in [0.25, 0.3) is 0 Å². The summed E-state index contributed by atoms with van der Waals surface area (Å²) >= 11 is 3.63. The van der Waals surface area contributed by atoms with Crippen LogP contribution in [0.2, 0.25) is 0 Å². The Bertz CT molecular complexity index is 697. The van der Waals surface area contributed by atoms with Crippen LogP contribution in [-0.4, -0.2) is 0 Å². The highest BCUT2D eigenvalue weighted by Gasteiger charge is 2.56. The van der Waals surface area contributed by atoms with Crippen LogP contribution in [0.15, 0.2) is 42.5 Å². The van der Waals surface area contributed by atoms with Gasteiger partial charge in [-0.25, -0.2) is 8.78 Å². The standard InChI is InChI=1S/C18H15BrF2/c19-18(14-9-11(20)6-8-15(14)21)17-13-7-5-10-3-1-2-4-12(10)16(13)17/h1-4,6,8-9,13,16-18H,5,7H2. The molecule has 0 saturated heterocycles. The number of rotatable bonds is 2. The van der Waals surface area contributed by atoms with Crippen molar-refractivity contribution >= 4 is 15.9 Å². The Kier molecular flexibility index (Phi) is 3.14. The van der Waals surface area contributed by atoms with Gasteiger partial charge in [0.25, 0.3) is 0 Å². The van der Waals surface area contributed by atoms with Gasteiger partial charge in [0.15, 0.2) is 0 Å². The van der Waals surface area contributed by atoms with Crippen LogP contribution in [0.5, 0.6) is 0 Å². The third-order valence-corrected chi connectivity index (χ3v) is 6.09. The van der Waals surface area contributed by atoms with E-state index >= 15 is 0 Å². The summed E-state index contributed by atoms with van der Waals surface area (Å²) in [5, 5.41) is 0. The lowest BCUT2D eigenvalue weighted by molar-refractivity contribution is 0.567. The van der Waals surface area contributed by atoms with Crippen molar-refractivity contribution in [1.29, 1.82) is 0 Å². The molecule has 108 valence electrons. The van der Waals surface area contributed by atoms with Crippen LogP contribution in [-0.2, 0) is 6.42 Å². The van der Waals surface area contributed by atoms with E-state index in [9.17, 15) is 8.78 Å². The normalized spacial score (nSPS) is 27.7. The summed E-state index contributed by atoms with van der Waals surface area (Å²) in [5.74, 6) is 0.744. The molecule has 4 atom stereocenters. The van der Waals surface area contributed by atoms with Gasteiger partial charge in [0.2, 0.25) is 0 Å². The van der Waals surface area contributed by atoms with Crippen molar-refractivity contribution in [2.45, 2.75) is 23.6 Å². The van der Waals surface area contributed by atoms with Gasteiger partial charge in [0, 0.05) is 10.4 Å². The first-order valence-electron chi connectivity index (χ1n) is 7.33. The molecular weight excluding hydrogens is 334 g/mol. The molecule has 3 heteroatoms. The molecule has 0 nitrogen and oxygen atoms in total. The lowest BCUT2D eigenvalue weighted by Gasteiger charge is -2.13. The maximum absolute atomic E-state index is 14.0. The molecule has 0 N–H and O–H groups in total. The summed E-state index contributed by atoms with van der Waals surface area (Å²) in [6.45, 7) is 0. The molecule has 0 spiro atoms. The zero-order valence-electron chi connectivity index (χ0n) is 11.4. The third kappa shape index (κ3) is 2.13. The van der Waals surface area contributed by atoms with Gasteiger partial charge in [0.1, 0.15) is 11.6 Å². The first-order chi connectivity index (χ1) is 10.2.